The predicted octanol–water partition coefficient (Wildman–Crippen LogP) is 6.30. The maximum atomic E-state index is 12.4. The van der Waals surface area contributed by atoms with Gasteiger partial charge >= 0.3 is 0 Å². The molecule has 7 heteroatoms. The van der Waals surface area contributed by atoms with Gasteiger partial charge in [0, 0.05) is 31.7 Å². The van der Waals surface area contributed by atoms with Crippen molar-refractivity contribution >= 4 is 5.91 Å². The van der Waals surface area contributed by atoms with Gasteiger partial charge in [0.2, 0.25) is 0 Å². The summed E-state index contributed by atoms with van der Waals surface area (Å²) in [5.74, 6) is 0.599. The number of hydrogen-bond acceptors (Lipinski definition) is 6. The third kappa shape index (κ3) is 8.29. The maximum absolute atomic E-state index is 12.4. The predicted molar refractivity (Wildman–Crippen MR) is 139 cm³/mol. The topological polar surface area (TPSA) is 93.0 Å². The SMILES string of the molecule is CCOC(CCCNC(=O)c1ccc(COc2cccc(C(N=N)c3ccccc3)c2)cc1)OCC. The van der Waals surface area contributed by atoms with Crippen LogP contribution < -0.4 is 10.1 Å². The molecule has 0 saturated heterocycles. The number of ether oxygens (including phenoxy) is 3. The van der Waals surface area contributed by atoms with Crippen LogP contribution in [0.1, 0.15) is 59.8 Å². The quantitative estimate of drug-likeness (QED) is 0.149. The molecule has 0 fully saturated rings. The second kappa shape index (κ2) is 14.8. The van der Waals surface area contributed by atoms with Crippen molar-refractivity contribution < 1.29 is 19.0 Å². The van der Waals surface area contributed by atoms with E-state index in [0.717, 1.165) is 29.5 Å². The van der Waals surface area contributed by atoms with Crippen LogP contribution >= 0.6 is 0 Å². The van der Waals surface area contributed by atoms with Crippen LogP contribution in [-0.2, 0) is 16.1 Å². The zero-order valence-corrected chi connectivity index (χ0v) is 21.0. The lowest BCUT2D eigenvalue weighted by molar-refractivity contribution is -0.139. The lowest BCUT2D eigenvalue weighted by Gasteiger charge is -2.16. The molecule has 0 aliphatic carbocycles. The number of nitrogens with one attached hydrogen (secondary N) is 2. The third-order valence-electron chi connectivity index (χ3n) is 5.65. The van der Waals surface area contributed by atoms with E-state index >= 15 is 0 Å². The number of benzene rings is 3. The van der Waals surface area contributed by atoms with Gasteiger partial charge in [-0.2, -0.15) is 5.11 Å². The molecule has 3 rings (SSSR count). The van der Waals surface area contributed by atoms with Gasteiger partial charge in [0.05, 0.1) is 0 Å². The van der Waals surface area contributed by atoms with Crippen LogP contribution in [-0.4, -0.2) is 32.0 Å². The highest BCUT2D eigenvalue weighted by atomic mass is 16.7. The van der Waals surface area contributed by atoms with Crippen molar-refractivity contribution in [3.8, 4) is 5.75 Å². The second-order valence-corrected chi connectivity index (χ2v) is 8.24. The van der Waals surface area contributed by atoms with E-state index in [1.807, 2.05) is 80.6 Å². The summed E-state index contributed by atoms with van der Waals surface area (Å²) in [4.78, 5) is 12.4. The molecule has 1 unspecified atom stereocenters. The summed E-state index contributed by atoms with van der Waals surface area (Å²) in [6, 6.07) is 24.4. The van der Waals surface area contributed by atoms with Gasteiger partial charge in [0.15, 0.2) is 6.29 Å². The summed E-state index contributed by atoms with van der Waals surface area (Å²) in [7, 11) is 0. The molecular weight excluding hydrogens is 454 g/mol. The lowest BCUT2D eigenvalue weighted by atomic mass is 9.99. The summed E-state index contributed by atoms with van der Waals surface area (Å²) in [6.07, 6.45) is 1.30. The number of carbonyl (C=O) groups excluding carboxylic acids is 1. The van der Waals surface area contributed by atoms with E-state index in [-0.39, 0.29) is 18.2 Å². The fraction of sp³-hybridized carbons (Fsp3) is 0.345. The Balaban J connectivity index is 1.49. The van der Waals surface area contributed by atoms with Gasteiger partial charge in [0.1, 0.15) is 18.4 Å². The zero-order chi connectivity index (χ0) is 25.6. The van der Waals surface area contributed by atoms with Crippen molar-refractivity contribution in [1.29, 1.82) is 5.53 Å². The zero-order valence-electron chi connectivity index (χ0n) is 21.0. The molecule has 0 aromatic heterocycles. The van der Waals surface area contributed by atoms with Crippen molar-refractivity contribution in [3.05, 3.63) is 101 Å². The van der Waals surface area contributed by atoms with Crippen molar-refractivity contribution in [3.63, 3.8) is 0 Å². The Morgan fingerprint density at radius 1 is 0.917 bits per heavy atom. The average Bonchev–Trinajstić information content (AvgIpc) is 2.91. The molecule has 3 aromatic carbocycles. The third-order valence-corrected chi connectivity index (χ3v) is 5.65. The average molecular weight is 490 g/mol. The molecule has 36 heavy (non-hydrogen) atoms. The number of carbonyl (C=O) groups is 1. The van der Waals surface area contributed by atoms with Gasteiger partial charge in [-0.3, -0.25) is 4.79 Å². The summed E-state index contributed by atoms with van der Waals surface area (Å²) in [5, 5.41) is 6.76. The van der Waals surface area contributed by atoms with Crippen molar-refractivity contribution in [2.45, 2.75) is 45.6 Å². The highest BCUT2D eigenvalue weighted by Crippen LogP contribution is 2.28. The Morgan fingerprint density at radius 3 is 2.28 bits per heavy atom. The van der Waals surface area contributed by atoms with Gasteiger partial charge in [-0.1, -0.05) is 54.6 Å². The molecule has 1 atom stereocenters. The summed E-state index contributed by atoms with van der Waals surface area (Å²) >= 11 is 0. The second-order valence-electron chi connectivity index (χ2n) is 8.24. The number of amides is 1. The van der Waals surface area contributed by atoms with Gasteiger partial charge in [-0.25, -0.2) is 5.53 Å². The molecule has 0 bridgehead atoms. The Bertz CT molecular complexity index is 1070. The molecule has 0 radical (unpaired) electrons. The van der Waals surface area contributed by atoms with Gasteiger partial charge in [0.25, 0.3) is 5.91 Å². The summed E-state index contributed by atoms with van der Waals surface area (Å²) < 4.78 is 17.0. The van der Waals surface area contributed by atoms with E-state index in [1.54, 1.807) is 12.1 Å². The van der Waals surface area contributed by atoms with E-state index in [2.05, 4.69) is 10.4 Å². The minimum atomic E-state index is -0.364. The molecule has 190 valence electrons. The van der Waals surface area contributed by atoms with E-state index < -0.39 is 0 Å². The van der Waals surface area contributed by atoms with Crippen molar-refractivity contribution in [2.24, 2.45) is 5.11 Å². The Labute approximate surface area is 213 Å². The van der Waals surface area contributed by atoms with Gasteiger partial charge in [-0.15, -0.1) is 0 Å². The molecular formula is C29H35N3O4. The molecule has 0 spiro atoms. The molecule has 1 amide bonds. The van der Waals surface area contributed by atoms with E-state index in [4.69, 9.17) is 19.7 Å². The van der Waals surface area contributed by atoms with Crippen LogP contribution in [0.4, 0.5) is 0 Å². The van der Waals surface area contributed by atoms with Crippen LogP contribution in [0.2, 0.25) is 0 Å². The molecule has 7 nitrogen and oxygen atoms in total. The number of nitrogens with zero attached hydrogens (tertiary/aromatic N) is 1. The van der Waals surface area contributed by atoms with E-state index in [9.17, 15) is 4.79 Å². The molecule has 3 aromatic rings. The first kappa shape index (κ1) is 27.0. The molecule has 2 N–H and O–H groups in total. The minimum Gasteiger partial charge on any atom is -0.489 e. The van der Waals surface area contributed by atoms with Crippen LogP contribution in [0, 0.1) is 5.53 Å². The first-order valence-electron chi connectivity index (χ1n) is 12.4. The Kier molecular flexibility index (Phi) is 11.1. The van der Waals surface area contributed by atoms with Gasteiger partial charge < -0.3 is 19.5 Å². The van der Waals surface area contributed by atoms with Crippen LogP contribution in [0.5, 0.6) is 5.75 Å². The first-order valence-corrected chi connectivity index (χ1v) is 12.4. The standard InChI is InChI=1S/C29H35N3O4/c1-3-34-27(35-4-2)14-9-19-31-29(33)24-17-15-22(16-18-24)21-36-26-13-8-12-25(20-26)28(32-30)23-10-6-5-7-11-23/h5-8,10-13,15-18,20,27-28,30H,3-4,9,14,19,21H2,1-2H3,(H,31,33). The maximum Gasteiger partial charge on any atom is 0.251 e. The molecule has 0 aliphatic rings. The number of hydrogen-bond donors (Lipinski definition) is 2. The fourth-order valence-corrected chi connectivity index (χ4v) is 3.83. The highest BCUT2D eigenvalue weighted by molar-refractivity contribution is 5.94. The van der Waals surface area contributed by atoms with E-state index in [0.29, 0.717) is 37.7 Å². The van der Waals surface area contributed by atoms with Crippen LogP contribution in [0.25, 0.3) is 0 Å². The highest BCUT2D eigenvalue weighted by Gasteiger charge is 2.13. The molecule has 0 saturated carbocycles. The van der Waals surface area contributed by atoms with Crippen molar-refractivity contribution in [1.82, 2.24) is 5.32 Å². The van der Waals surface area contributed by atoms with Crippen molar-refractivity contribution in [2.75, 3.05) is 19.8 Å². The Hall–Kier alpha value is -3.55. The lowest BCUT2D eigenvalue weighted by Crippen LogP contribution is -2.26. The number of rotatable bonds is 15. The van der Waals surface area contributed by atoms with Gasteiger partial charge in [-0.05, 0) is 61.2 Å². The monoisotopic (exact) mass is 489 g/mol. The Morgan fingerprint density at radius 2 is 1.61 bits per heavy atom. The summed E-state index contributed by atoms with van der Waals surface area (Å²) in [5.41, 5.74) is 11.1. The molecule has 0 heterocycles. The fourth-order valence-electron chi connectivity index (χ4n) is 3.83. The minimum absolute atomic E-state index is 0.106. The largest absolute Gasteiger partial charge is 0.489 e. The molecule has 0 aliphatic heterocycles. The van der Waals surface area contributed by atoms with E-state index in [1.165, 1.54) is 0 Å². The smallest absolute Gasteiger partial charge is 0.251 e. The van der Waals surface area contributed by atoms with Crippen LogP contribution in [0.3, 0.4) is 0 Å². The normalized spacial score (nSPS) is 11.8. The first-order chi connectivity index (χ1) is 17.6. The summed E-state index contributed by atoms with van der Waals surface area (Å²) in [6.45, 7) is 6.02. The van der Waals surface area contributed by atoms with Crippen LogP contribution in [0.15, 0.2) is 84.0 Å².